The van der Waals surface area contributed by atoms with Crippen molar-refractivity contribution in [1.29, 1.82) is 0 Å². The highest BCUT2D eigenvalue weighted by Gasteiger charge is 2.14. The molecule has 0 aromatic heterocycles. The monoisotopic (exact) mass is 531 g/mol. The van der Waals surface area contributed by atoms with Crippen LogP contribution in [-0.4, -0.2) is 19.7 Å². The van der Waals surface area contributed by atoms with Gasteiger partial charge in [0.25, 0.3) is 0 Å². The van der Waals surface area contributed by atoms with Crippen molar-refractivity contribution in [1.82, 2.24) is 0 Å². The quantitative estimate of drug-likeness (QED) is 0.127. The molecule has 0 atom stereocenters. The molecular formula is C31H27F2NO3S. The fourth-order valence-electron chi connectivity index (χ4n) is 3.81. The summed E-state index contributed by atoms with van der Waals surface area (Å²) in [5.41, 5.74) is 3.58. The number of halogens is 2. The third-order valence-electron chi connectivity index (χ3n) is 5.65. The van der Waals surface area contributed by atoms with Gasteiger partial charge in [-0.2, -0.15) is 0 Å². The zero-order chi connectivity index (χ0) is 26.9. The summed E-state index contributed by atoms with van der Waals surface area (Å²) in [5, 5.41) is 3.23. The van der Waals surface area contributed by atoms with Gasteiger partial charge in [0.2, 0.25) is 0 Å². The highest BCUT2D eigenvalue weighted by molar-refractivity contribution is 7.98. The van der Waals surface area contributed by atoms with Crippen LogP contribution in [-0.2, 0) is 15.3 Å². The summed E-state index contributed by atoms with van der Waals surface area (Å²) in [6, 6.07) is 24.5. The number of ether oxygens (including phenoxy) is 2. The first-order valence-corrected chi connectivity index (χ1v) is 13.0. The van der Waals surface area contributed by atoms with Crippen LogP contribution in [0.25, 0.3) is 17.2 Å². The average molecular weight is 532 g/mol. The molecule has 0 aliphatic rings. The van der Waals surface area contributed by atoms with E-state index in [-0.39, 0.29) is 12.2 Å². The van der Waals surface area contributed by atoms with Crippen LogP contribution < -0.4 is 10.1 Å². The average Bonchev–Trinajstić information content (AvgIpc) is 2.92. The summed E-state index contributed by atoms with van der Waals surface area (Å²) in [5.74, 6) is -0.267. The van der Waals surface area contributed by atoms with Gasteiger partial charge in [-0.05, 0) is 66.1 Å². The van der Waals surface area contributed by atoms with E-state index in [1.165, 1.54) is 49.1 Å². The summed E-state index contributed by atoms with van der Waals surface area (Å²) in [6.45, 7) is 2.02. The van der Waals surface area contributed by atoms with E-state index in [0.29, 0.717) is 28.3 Å². The van der Waals surface area contributed by atoms with Crippen molar-refractivity contribution in [2.75, 3.05) is 19.0 Å². The molecule has 0 aliphatic heterocycles. The molecule has 0 unspecified atom stereocenters. The van der Waals surface area contributed by atoms with Crippen LogP contribution in [0.4, 0.5) is 20.2 Å². The fourth-order valence-corrected chi connectivity index (χ4v) is 4.71. The molecule has 1 N–H and O–H groups in total. The minimum absolute atomic E-state index is 0.224. The predicted octanol–water partition coefficient (Wildman–Crippen LogP) is 8.25. The Hall–Kier alpha value is -4.10. The molecule has 7 heteroatoms. The summed E-state index contributed by atoms with van der Waals surface area (Å²) < 4.78 is 39.4. The topological polar surface area (TPSA) is 47.6 Å². The summed E-state index contributed by atoms with van der Waals surface area (Å²) in [6.07, 6.45) is 3.03. The van der Waals surface area contributed by atoms with Crippen molar-refractivity contribution in [3.05, 3.63) is 114 Å². The third kappa shape index (κ3) is 7.01. The number of carbonyl (C=O) groups is 1. The largest absolute Gasteiger partial charge is 0.495 e. The second-order valence-electron chi connectivity index (χ2n) is 8.28. The van der Waals surface area contributed by atoms with Crippen LogP contribution in [0, 0.1) is 11.6 Å². The van der Waals surface area contributed by atoms with Crippen molar-refractivity contribution in [3.63, 3.8) is 0 Å². The van der Waals surface area contributed by atoms with Gasteiger partial charge in [-0.3, -0.25) is 0 Å². The lowest BCUT2D eigenvalue weighted by Gasteiger charge is -2.16. The molecule has 0 amide bonds. The maximum atomic E-state index is 15.2. The summed E-state index contributed by atoms with van der Waals surface area (Å²) in [7, 11) is 1.48. The second kappa shape index (κ2) is 12.9. The molecule has 0 saturated heterocycles. The molecular weight excluding hydrogens is 504 g/mol. The van der Waals surface area contributed by atoms with E-state index in [9.17, 15) is 9.18 Å². The zero-order valence-electron chi connectivity index (χ0n) is 21.0. The van der Waals surface area contributed by atoms with Crippen LogP contribution in [0.1, 0.15) is 18.1 Å². The molecule has 4 rings (SSSR count). The van der Waals surface area contributed by atoms with Gasteiger partial charge < -0.3 is 14.8 Å². The second-order valence-corrected chi connectivity index (χ2v) is 9.33. The number of methoxy groups -OCH3 is 1. The number of nitrogens with one attached hydrogen (secondary N) is 1. The third-order valence-corrected chi connectivity index (χ3v) is 6.72. The molecule has 4 aromatic carbocycles. The van der Waals surface area contributed by atoms with E-state index in [0.717, 1.165) is 10.6 Å². The first-order chi connectivity index (χ1) is 18.5. The smallest absolute Gasteiger partial charge is 0.330 e. The SMILES string of the molecule is CCOC(=O)/C=C/c1cc(SCc2ccccc2)ccc1Nc1cc(F)c(-c2cccc(F)c2)cc1OC. The molecule has 0 heterocycles. The molecule has 0 spiro atoms. The lowest BCUT2D eigenvalue weighted by molar-refractivity contribution is -0.137. The van der Waals surface area contributed by atoms with Gasteiger partial charge in [-0.1, -0.05) is 42.5 Å². The first kappa shape index (κ1) is 26.9. The number of rotatable bonds is 10. The van der Waals surface area contributed by atoms with Crippen LogP contribution in [0.5, 0.6) is 5.75 Å². The van der Waals surface area contributed by atoms with Gasteiger partial charge in [-0.25, -0.2) is 13.6 Å². The summed E-state index contributed by atoms with van der Waals surface area (Å²) >= 11 is 1.66. The number of esters is 1. The summed E-state index contributed by atoms with van der Waals surface area (Å²) in [4.78, 5) is 13.0. The van der Waals surface area contributed by atoms with Gasteiger partial charge >= 0.3 is 5.97 Å². The maximum Gasteiger partial charge on any atom is 0.330 e. The van der Waals surface area contributed by atoms with E-state index >= 15 is 4.39 Å². The number of hydrogen-bond donors (Lipinski definition) is 1. The van der Waals surface area contributed by atoms with Crippen molar-refractivity contribution >= 4 is 35.2 Å². The minimum Gasteiger partial charge on any atom is -0.495 e. The van der Waals surface area contributed by atoms with Crippen molar-refractivity contribution in [3.8, 4) is 16.9 Å². The van der Waals surface area contributed by atoms with Crippen molar-refractivity contribution < 1.29 is 23.0 Å². The van der Waals surface area contributed by atoms with E-state index in [1.807, 2.05) is 36.4 Å². The highest BCUT2D eigenvalue weighted by atomic mass is 32.2. The Kier molecular flexibility index (Phi) is 9.16. The molecule has 0 bridgehead atoms. The first-order valence-electron chi connectivity index (χ1n) is 12.0. The van der Waals surface area contributed by atoms with Gasteiger partial charge in [-0.15, -0.1) is 11.8 Å². The molecule has 0 fully saturated rings. The minimum atomic E-state index is -0.530. The van der Waals surface area contributed by atoms with E-state index in [1.54, 1.807) is 30.8 Å². The number of benzene rings is 4. The Morgan fingerprint density at radius 2 is 1.76 bits per heavy atom. The maximum absolute atomic E-state index is 15.2. The van der Waals surface area contributed by atoms with Crippen LogP contribution in [0.2, 0.25) is 0 Å². The van der Waals surface area contributed by atoms with Crippen LogP contribution in [0.15, 0.2) is 95.9 Å². The Morgan fingerprint density at radius 3 is 2.50 bits per heavy atom. The number of carbonyl (C=O) groups excluding carboxylic acids is 1. The van der Waals surface area contributed by atoms with Gasteiger partial charge in [0.1, 0.15) is 17.4 Å². The number of thioether (sulfide) groups is 1. The molecule has 0 radical (unpaired) electrons. The van der Waals surface area contributed by atoms with Gasteiger partial charge in [0, 0.05) is 34.0 Å². The Bertz CT molecular complexity index is 1440. The predicted molar refractivity (Wildman–Crippen MR) is 150 cm³/mol. The van der Waals surface area contributed by atoms with E-state index in [2.05, 4.69) is 17.4 Å². The molecule has 0 saturated carbocycles. The lowest BCUT2D eigenvalue weighted by atomic mass is 10.0. The van der Waals surface area contributed by atoms with Crippen molar-refractivity contribution in [2.24, 2.45) is 0 Å². The molecule has 4 nitrogen and oxygen atoms in total. The number of anilines is 2. The zero-order valence-corrected chi connectivity index (χ0v) is 21.9. The standard InChI is InChI=1S/C31H27F2NO3S/c1-3-37-31(35)15-12-23-17-25(38-20-21-8-5-4-6-9-21)13-14-28(23)34-29-19-27(33)26(18-30(29)36-2)22-10-7-11-24(32)16-22/h4-19,34H,3,20H2,1-2H3/b15-12+. The Labute approximate surface area is 225 Å². The lowest BCUT2D eigenvalue weighted by Crippen LogP contribution is -2.01. The van der Waals surface area contributed by atoms with Gasteiger partial charge in [0.15, 0.2) is 0 Å². The molecule has 0 aliphatic carbocycles. The highest BCUT2D eigenvalue weighted by Crippen LogP contribution is 2.37. The normalized spacial score (nSPS) is 10.9. The molecule has 4 aromatic rings. The van der Waals surface area contributed by atoms with E-state index < -0.39 is 17.6 Å². The number of hydrogen-bond acceptors (Lipinski definition) is 5. The molecule has 194 valence electrons. The Balaban J connectivity index is 1.65. The van der Waals surface area contributed by atoms with Crippen LogP contribution >= 0.6 is 11.8 Å². The fraction of sp³-hybridized carbons (Fsp3) is 0.129. The van der Waals surface area contributed by atoms with E-state index in [4.69, 9.17) is 9.47 Å². The van der Waals surface area contributed by atoms with Crippen molar-refractivity contribution in [2.45, 2.75) is 17.6 Å². The Morgan fingerprint density at radius 1 is 0.947 bits per heavy atom. The molecule has 38 heavy (non-hydrogen) atoms. The van der Waals surface area contributed by atoms with Gasteiger partial charge in [0.05, 0.1) is 19.4 Å². The van der Waals surface area contributed by atoms with Crippen LogP contribution in [0.3, 0.4) is 0 Å².